The Labute approximate surface area is 209 Å². The number of anilines is 2. The number of nitrogens with two attached hydrogens (primary N) is 2. The standard InChI is InChI=1S/C30H24N6/c31-21-1-5-23(6-2-21)33-25-9-13-27(14-10-25)35-29-17-19-30(20-18-29)36-28-15-11-26(12-16-28)34-24-7-3-22(32)4-8-24/h1-20H,31-32H2. The smallest absolute Gasteiger partial charge is 0.0638 e. The van der Waals surface area contributed by atoms with Crippen LogP contribution < -0.4 is 11.5 Å². The van der Waals surface area contributed by atoms with Gasteiger partial charge >= 0.3 is 0 Å². The van der Waals surface area contributed by atoms with E-state index in [-0.39, 0.29) is 0 Å². The Hall–Kier alpha value is -5.10. The van der Waals surface area contributed by atoms with E-state index in [1.165, 1.54) is 0 Å². The lowest BCUT2D eigenvalue weighted by atomic mass is 10.1. The Kier molecular flexibility index (Phi) is 6.58. The highest BCUT2D eigenvalue weighted by molar-refractivity contribution is 6.20. The highest BCUT2D eigenvalue weighted by Gasteiger charge is 2.03. The van der Waals surface area contributed by atoms with Gasteiger partial charge in [-0.2, -0.15) is 0 Å². The normalized spacial score (nSPS) is 14.2. The molecule has 36 heavy (non-hydrogen) atoms. The third-order valence-corrected chi connectivity index (χ3v) is 5.37. The summed E-state index contributed by atoms with van der Waals surface area (Å²) < 4.78 is 0. The topological polar surface area (TPSA) is 101 Å². The molecule has 3 aromatic carbocycles. The molecule has 6 nitrogen and oxygen atoms in total. The van der Waals surface area contributed by atoms with Gasteiger partial charge in [0.15, 0.2) is 0 Å². The molecule has 0 saturated heterocycles. The number of allylic oxidation sites excluding steroid dienone is 8. The molecule has 5 rings (SSSR count). The Morgan fingerprint density at radius 2 is 0.500 bits per heavy atom. The summed E-state index contributed by atoms with van der Waals surface area (Å²) in [5.74, 6) is 0. The molecular formula is C30H24N6. The highest BCUT2D eigenvalue weighted by Crippen LogP contribution is 2.21. The van der Waals surface area contributed by atoms with Gasteiger partial charge in [0.05, 0.1) is 45.6 Å². The van der Waals surface area contributed by atoms with Gasteiger partial charge in [-0.3, -0.25) is 0 Å². The maximum absolute atomic E-state index is 5.73. The molecule has 174 valence electrons. The van der Waals surface area contributed by atoms with Crippen LogP contribution in [0.25, 0.3) is 0 Å². The van der Waals surface area contributed by atoms with Crippen molar-refractivity contribution in [3.8, 4) is 0 Å². The van der Waals surface area contributed by atoms with Gasteiger partial charge < -0.3 is 11.5 Å². The predicted molar refractivity (Wildman–Crippen MR) is 153 cm³/mol. The molecule has 0 radical (unpaired) electrons. The lowest BCUT2D eigenvalue weighted by Crippen LogP contribution is -1.99. The summed E-state index contributed by atoms with van der Waals surface area (Å²) >= 11 is 0. The lowest BCUT2D eigenvalue weighted by Gasteiger charge is -2.05. The molecule has 0 amide bonds. The second-order valence-corrected chi connectivity index (χ2v) is 8.18. The van der Waals surface area contributed by atoms with Crippen LogP contribution in [0.15, 0.2) is 141 Å². The zero-order chi connectivity index (χ0) is 24.7. The quantitative estimate of drug-likeness (QED) is 0.325. The van der Waals surface area contributed by atoms with Crippen molar-refractivity contribution in [3.05, 3.63) is 121 Å². The van der Waals surface area contributed by atoms with E-state index in [1.54, 1.807) is 0 Å². The van der Waals surface area contributed by atoms with Crippen molar-refractivity contribution in [1.82, 2.24) is 0 Å². The van der Waals surface area contributed by atoms with E-state index in [4.69, 9.17) is 11.5 Å². The zero-order valence-corrected chi connectivity index (χ0v) is 19.5. The van der Waals surface area contributed by atoms with E-state index in [9.17, 15) is 0 Å². The number of nitrogen functional groups attached to an aromatic ring is 2. The molecule has 3 aromatic rings. The van der Waals surface area contributed by atoms with Gasteiger partial charge in [0.2, 0.25) is 0 Å². The average Bonchev–Trinajstić information content (AvgIpc) is 2.90. The van der Waals surface area contributed by atoms with Crippen molar-refractivity contribution in [2.45, 2.75) is 0 Å². The number of rotatable bonds is 4. The van der Waals surface area contributed by atoms with E-state index in [0.717, 1.165) is 57.0 Å². The lowest BCUT2D eigenvalue weighted by molar-refractivity contribution is 1.47. The summed E-state index contributed by atoms with van der Waals surface area (Å²) in [7, 11) is 0. The summed E-state index contributed by atoms with van der Waals surface area (Å²) in [6.45, 7) is 0. The van der Waals surface area contributed by atoms with Gasteiger partial charge in [-0.15, -0.1) is 0 Å². The first kappa shape index (κ1) is 22.7. The van der Waals surface area contributed by atoms with Gasteiger partial charge in [-0.05, 0) is 121 Å². The van der Waals surface area contributed by atoms with Crippen LogP contribution in [0, 0.1) is 0 Å². The van der Waals surface area contributed by atoms with Crippen LogP contribution in [0.3, 0.4) is 0 Å². The van der Waals surface area contributed by atoms with E-state index in [1.807, 2.05) is 121 Å². The van der Waals surface area contributed by atoms with E-state index in [2.05, 4.69) is 20.0 Å². The van der Waals surface area contributed by atoms with Crippen LogP contribution in [0.4, 0.5) is 34.1 Å². The summed E-state index contributed by atoms with van der Waals surface area (Å²) in [5.41, 5.74) is 19.8. The molecule has 0 fully saturated rings. The van der Waals surface area contributed by atoms with Gasteiger partial charge in [-0.25, -0.2) is 20.0 Å². The van der Waals surface area contributed by atoms with Crippen molar-refractivity contribution in [1.29, 1.82) is 0 Å². The molecule has 2 aliphatic carbocycles. The van der Waals surface area contributed by atoms with Crippen LogP contribution in [-0.2, 0) is 0 Å². The van der Waals surface area contributed by atoms with Crippen molar-refractivity contribution in [2.24, 2.45) is 20.0 Å². The van der Waals surface area contributed by atoms with Crippen LogP contribution >= 0.6 is 0 Å². The van der Waals surface area contributed by atoms with Gasteiger partial charge in [-0.1, -0.05) is 0 Å². The van der Waals surface area contributed by atoms with Gasteiger partial charge in [0.25, 0.3) is 0 Å². The van der Waals surface area contributed by atoms with Gasteiger partial charge in [0.1, 0.15) is 0 Å². The number of benzene rings is 3. The first-order valence-electron chi connectivity index (χ1n) is 11.5. The van der Waals surface area contributed by atoms with Crippen molar-refractivity contribution >= 4 is 57.0 Å². The van der Waals surface area contributed by atoms with Crippen LogP contribution in [0.2, 0.25) is 0 Å². The predicted octanol–water partition coefficient (Wildman–Crippen LogP) is 6.79. The molecule has 4 N–H and O–H groups in total. The molecule has 0 bridgehead atoms. The summed E-state index contributed by atoms with van der Waals surface area (Å²) in [4.78, 5) is 18.6. The SMILES string of the molecule is Nc1ccc(N=C2C=CC(=Nc3ccc(N=C4C=CC(=Nc5ccc(N)cc5)C=C4)cc3)C=C2)cc1. The van der Waals surface area contributed by atoms with Crippen molar-refractivity contribution < 1.29 is 0 Å². The van der Waals surface area contributed by atoms with Crippen molar-refractivity contribution in [2.75, 3.05) is 11.5 Å². The summed E-state index contributed by atoms with van der Waals surface area (Å²) in [6.07, 6.45) is 15.6. The molecule has 0 unspecified atom stereocenters. The molecule has 0 aliphatic heterocycles. The molecule has 0 atom stereocenters. The number of nitrogens with zero attached hydrogens (tertiary/aromatic N) is 4. The summed E-state index contributed by atoms with van der Waals surface area (Å²) in [6, 6.07) is 22.8. The van der Waals surface area contributed by atoms with Crippen LogP contribution in [0.1, 0.15) is 0 Å². The molecule has 0 spiro atoms. The Bertz CT molecular complexity index is 1340. The molecule has 0 heterocycles. The summed E-state index contributed by atoms with van der Waals surface area (Å²) in [5, 5.41) is 0. The molecule has 2 aliphatic rings. The van der Waals surface area contributed by atoms with E-state index in [0.29, 0.717) is 0 Å². The zero-order valence-electron chi connectivity index (χ0n) is 19.5. The Morgan fingerprint density at radius 1 is 0.306 bits per heavy atom. The van der Waals surface area contributed by atoms with Crippen molar-refractivity contribution in [3.63, 3.8) is 0 Å². The number of hydrogen-bond donors (Lipinski definition) is 2. The second-order valence-electron chi connectivity index (χ2n) is 8.18. The Balaban J connectivity index is 1.21. The maximum atomic E-state index is 5.73. The van der Waals surface area contributed by atoms with Crippen LogP contribution in [0.5, 0.6) is 0 Å². The molecule has 6 heteroatoms. The fourth-order valence-electron chi connectivity index (χ4n) is 3.50. The Morgan fingerprint density at radius 3 is 0.722 bits per heavy atom. The molecular weight excluding hydrogens is 444 g/mol. The fraction of sp³-hybridized carbons (Fsp3) is 0. The molecule has 0 aromatic heterocycles. The number of hydrogen-bond acceptors (Lipinski definition) is 6. The van der Waals surface area contributed by atoms with E-state index >= 15 is 0 Å². The highest BCUT2D eigenvalue weighted by atomic mass is 14.8. The minimum atomic E-state index is 0.723. The fourth-order valence-corrected chi connectivity index (χ4v) is 3.50. The second kappa shape index (κ2) is 10.4. The third-order valence-electron chi connectivity index (χ3n) is 5.37. The minimum absolute atomic E-state index is 0.723. The monoisotopic (exact) mass is 468 g/mol. The first-order chi connectivity index (χ1) is 17.6. The first-order valence-corrected chi connectivity index (χ1v) is 11.5. The maximum Gasteiger partial charge on any atom is 0.0638 e. The minimum Gasteiger partial charge on any atom is -0.399 e. The van der Waals surface area contributed by atoms with E-state index < -0.39 is 0 Å². The largest absolute Gasteiger partial charge is 0.399 e. The van der Waals surface area contributed by atoms with Gasteiger partial charge in [0, 0.05) is 11.4 Å². The van der Waals surface area contributed by atoms with Crippen LogP contribution in [-0.4, -0.2) is 22.8 Å². The number of aliphatic imine (C=N–C) groups is 4. The molecule has 0 saturated carbocycles. The third kappa shape index (κ3) is 6.07. The average molecular weight is 469 g/mol.